The Bertz CT molecular complexity index is 70.0. The fraction of sp³-hybridized carbons (Fsp3) is 1.00. The Balaban J connectivity index is 0.000000292. The highest BCUT2D eigenvalue weighted by molar-refractivity contribution is 4.68. The van der Waals surface area contributed by atoms with Gasteiger partial charge in [0.25, 0.3) is 0 Å². The molecule has 0 atom stereocenters. The molecular weight excluding hydrogens is 138 g/mol. The van der Waals surface area contributed by atoms with Crippen LogP contribution >= 0.6 is 0 Å². The molecule has 2 N–H and O–H groups in total. The van der Waals surface area contributed by atoms with Crippen molar-refractivity contribution in [2.75, 3.05) is 13.7 Å². The van der Waals surface area contributed by atoms with Gasteiger partial charge in [-0.3, -0.25) is 0 Å². The predicted molar refractivity (Wildman–Crippen MR) is 48.7 cm³/mol. The summed E-state index contributed by atoms with van der Waals surface area (Å²) in [5.74, 6) is 0. The Morgan fingerprint density at radius 2 is 1.73 bits per heavy atom. The molecule has 2 heteroatoms. The van der Waals surface area contributed by atoms with Crippen molar-refractivity contribution in [1.29, 1.82) is 0 Å². The maximum absolute atomic E-state index is 7.57. The molecule has 11 heavy (non-hydrogen) atoms. The van der Waals surface area contributed by atoms with Crippen molar-refractivity contribution in [3.05, 3.63) is 0 Å². The molecule has 68 valence electrons. The van der Waals surface area contributed by atoms with E-state index in [2.05, 4.69) is 12.4 Å². The molecule has 0 spiro atoms. The van der Waals surface area contributed by atoms with E-state index in [4.69, 9.17) is 5.11 Å². The van der Waals surface area contributed by atoms with Gasteiger partial charge >= 0.3 is 0 Å². The monoisotopic (exact) mass is 159 g/mol. The van der Waals surface area contributed by atoms with E-state index >= 15 is 0 Å². The van der Waals surface area contributed by atoms with Crippen molar-refractivity contribution < 1.29 is 5.11 Å². The van der Waals surface area contributed by atoms with Crippen LogP contribution in [-0.2, 0) is 0 Å². The van der Waals surface area contributed by atoms with Crippen molar-refractivity contribution in [3.8, 4) is 0 Å². The number of hydrogen-bond donors (Lipinski definition) is 2. The van der Waals surface area contributed by atoms with Crippen LogP contribution in [0, 0.1) is 0 Å². The van der Waals surface area contributed by atoms with E-state index in [-0.39, 0.29) is 6.61 Å². The first kappa shape index (κ1) is 10.9. The number of rotatable bonds is 1. The fourth-order valence-electron chi connectivity index (χ4n) is 1.39. The van der Waals surface area contributed by atoms with Gasteiger partial charge in [0.15, 0.2) is 0 Å². The average molecular weight is 159 g/mol. The van der Waals surface area contributed by atoms with E-state index in [1.807, 2.05) is 0 Å². The van der Waals surface area contributed by atoms with Gasteiger partial charge in [-0.15, -0.1) is 0 Å². The first-order chi connectivity index (χ1) is 5.35. The SMILES string of the molecule is CCO.CNC1CCCCC1. The molecule has 2 nitrogen and oxygen atoms in total. The fourth-order valence-corrected chi connectivity index (χ4v) is 1.39. The van der Waals surface area contributed by atoms with Gasteiger partial charge in [0.05, 0.1) is 0 Å². The molecule has 1 aliphatic rings. The molecule has 0 aliphatic heterocycles. The molecule has 0 amide bonds. The Labute approximate surface area is 70.0 Å². The topological polar surface area (TPSA) is 32.3 Å². The summed E-state index contributed by atoms with van der Waals surface area (Å²) in [4.78, 5) is 0. The molecule has 0 unspecified atom stereocenters. The molecule has 0 aromatic heterocycles. The Morgan fingerprint density at radius 3 is 2.00 bits per heavy atom. The molecule has 1 rings (SSSR count). The maximum Gasteiger partial charge on any atom is 0.0402 e. The summed E-state index contributed by atoms with van der Waals surface area (Å²) in [6.07, 6.45) is 7.13. The Hall–Kier alpha value is -0.0800. The third kappa shape index (κ3) is 6.32. The van der Waals surface area contributed by atoms with E-state index in [0.717, 1.165) is 6.04 Å². The summed E-state index contributed by atoms with van der Waals surface area (Å²) < 4.78 is 0. The van der Waals surface area contributed by atoms with Gasteiger partial charge < -0.3 is 10.4 Å². The van der Waals surface area contributed by atoms with Crippen LogP contribution in [0.1, 0.15) is 39.0 Å². The van der Waals surface area contributed by atoms with Crippen molar-refractivity contribution in [3.63, 3.8) is 0 Å². The minimum absolute atomic E-state index is 0.250. The smallest absolute Gasteiger partial charge is 0.0402 e. The van der Waals surface area contributed by atoms with Gasteiger partial charge in [0.2, 0.25) is 0 Å². The second-order valence-corrected chi connectivity index (χ2v) is 2.94. The molecular formula is C9H21NO. The van der Waals surface area contributed by atoms with Crippen LogP contribution in [-0.4, -0.2) is 24.8 Å². The normalized spacial score (nSPS) is 18.8. The van der Waals surface area contributed by atoms with Gasteiger partial charge in [-0.1, -0.05) is 19.3 Å². The van der Waals surface area contributed by atoms with Crippen LogP contribution < -0.4 is 5.32 Å². The van der Waals surface area contributed by atoms with Gasteiger partial charge in [0, 0.05) is 12.6 Å². The standard InChI is InChI=1S/C7H15N.C2H6O/c1-8-7-5-3-2-4-6-7;1-2-3/h7-8H,2-6H2,1H3;3H,2H2,1H3. The summed E-state index contributed by atoms with van der Waals surface area (Å²) in [7, 11) is 2.07. The molecule has 0 bridgehead atoms. The van der Waals surface area contributed by atoms with E-state index in [1.165, 1.54) is 32.1 Å². The number of nitrogens with one attached hydrogen (secondary N) is 1. The lowest BCUT2D eigenvalue weighted by Crippen LogP contribution is -2.26. The van der Waals surface area contributed by atoms with Crippen molar-refractivity contribution in [2.45, 2.75) is 45.1 Å². The van der Waals surface area contributed by atoms with E-state index in [9.17, 15) is 0 Å². The summed E-state index contributed by atoms with van der Waals surface area (Å²) in [5.41, 5.74) is 0. The lowest BCUT2D eigenvalue weighted by molar-refractivity contribution is 0.318. The minimum atomic E-state index is 0.250. The van der Waals surface area contributed by atoms with Gasteiger partial charge in [-0.05, 0) is 26.8 Å². The average Bonchev–Trinajstić information content (AvgIpc) is 2.08. The number of aliphatic hydroxyl groups is 1. The van der Waals surface area contributed by atoms with Crippen LogP contribution in [0.3, 0.4) is 0 Å². The van der Waals surface area contributed by atoms with Crippen LogP contribution in [0.2, 0.25) is 0 Å². The summed E-state index contributed by atoms with van der Waals surface area (Å²) in [6.45, 7) is 1.93. The Morgan fingerprint density at radius 1 is 1.27 bits per heavy atom. The highest BCUT2D eigenvalue weighted by Crippen LogP contribution is 2.16. The third-order valence-corrected chi connectivity index (χ3v) is 2.01. The summed E-state index contributed by atoms with van der Waals surface area (Å²) in [6, 6.07) is 0.837. The number of aliphatic hydroxyl groups excluding tert-OH is 1. The predicted octanol–water partition coefficient (Wildman–Crippen LogP) is 1.54. The quantitative estimate of drug-likeness (QED) is 0.608. The van der Waals surface area contributed by atoms with Crippen LogP contribution in [0.4, 0.5) is 0 Å². The molecule has 0 aromatic carbocycles. The lowest BCUT2D eigenvalue weighted by atomic mass is 9.96. The summed E-state index contributed by atoms with van der Waals surface area (Å²) in [5, 5.41) is 10.9. The second kappa shape index (κ2) is 8.02. The molecule has 0 saturated heterocycles. The molecule has 0 aromatic rings. The zero-order valence-electron chi connectivity index (χ0n) is 7.77. The molecule has 1 saturated carbocycles. The van der Waals surface area contributed by atoms with Crippen LogP contribution in [0.5, 0.6) is 0 Å². The first-order valence-electron chi connectivity index (χ1n) is 4.63. The highest BCUT2D eigenvalue weighted by Gasteiger charge is 2.09. The molecule has 0 radical (unpaired) electrons. The van der Waals surface area contributed by atoms with E-state index in [1.54, 1.807) is 6.92 Å². The zero-order chi connectivity index (χ0) is 8.53. The maximum atomic E-state index is 7.57. The molecule has 1 fully saturated rings. The van der Waals surface area contributed by atoms with Crippen molar-refractivity contribution >= 4 is 0 Å². The van der Waals surface area contributed by atoms with Gasteiger partial charge in [-0.25, -0.2) is 0 Å². The zero-order valence-corrected chi connectivity index (χ0v) is 7.77. The largest absolute Gasteiger partial charge is 0.397 e. The molecule has 0 heterocycles. The van der Waals surface area contributed by atoms with Crippen molar-refractivity contribution in [1.82, 2.24) is 5.32 Å². The molecule has 1 aliphatic carbocycles. The third-order valence-electron chi connectivity index (χ3n) is 2.01. The second-order valence-electron chi connectivity index (χ2n) is 2.94. The van der Waals surface area contributed by atoms with Crippen LogP contribution in [0.15, 0.2) is 0 Å². The first-order valence-corrected chi connectivity index (χ1v) is 4.63. The van der Waals surface area contributed by atoms with Gasteiger partial charge in [-0.2, -0.15) is 0 Å². The van der Waals surface area contributed by atoms with E-state index in [0.29, 0.717) is 0 Å². The van der Waals surface area contributed by atoms with Crippen molar-refractivity contribution in [2.24, 2.45) is 0 Å². The summed E-state index contributed by atoms with van der Waals surface area (Å²) >= 11 is 0. The van der Waals surface area contributed by atoms with Crippen LogP contribution in [0.25, 0.3) is 0 Å². The lowest BCUT2D eigenvalue weighted by Gasteiger charge is -2.20. The number of hydrogen-bond acceptors (Lipinski definition) is 2. The highest BCUT2D eigenvalue weighted by atomic mass is 16.2. The van der Waals surface area contributed by atoms with Gasteiger partial charge in [0.1, 0.15) is 0 Å². The van der Waals surface area contributed by atoms with E-state index < -0.39 is 0 Å². The minimum Gasteiger partial charge on any atom is -0.397 e. The Kier molecular flexibility index (Phi) is 7.96.